The van der Waals surface area contributed by atoms with Gasteiger partial charge >= 0.3 is 12.1 Å². The van der Waals surface area contributed by atoms with Gasteiger partial charge in [0.25, 0.3) is 0 Å². The van der Waals surface area contributed by atoms with Gasteiger partial charge in [-0.05, 0) is 18.8 Å². The normalized spacial score (nSPS) is 28.0. The molecule has 0 unspecified atom stereocenters. The van der Waals surface area contributed by atoms with Crippen molar-refractivity contribution in [1.82, 2.24) is 9.88 Å². The van der Waals surface area contributed by atoms with Gasteiger partial charge in [-0.3, -0.25) is 4.90 Å². The molecule has 0 bridgehead atoms. The molecular formula is C18H25F3N2O5S. The van der Waals surface area contributed by atoms with Crippen LogP contribution >= 0.6 is 11.3 Å². The number of thiazole rings is 1. The molecule has 29 heavy (non-hydrogen) atoms. The predicted octanol–water partition coefficient (Wildman–Crippen LogP) is 2.42. The van der Waals surface area contributed by atoms with Crippen LogP contribution in [0, 0.1) is 11.8 Å². The quantitative estimate of drug-likeness (QED) is 0.756. The van der Waals surface area contributed by atoms with E-state index in [0.29, 0.717) is 24.0 Å². The van der Waals surface area contributed by atoms with Crippen molar-refractivity contribution in [3.8, 4) is 0 Å². The average molecular weight is 438 g/mol. The Balaban J connectivity index is 0.000000298. The molecule has 4 rings (SSSR count). The van der Waals surface area contributed by atoms with Crippen LogP contribution < -0.4 is 0 Å². The van der Waals surface area contributed by atoms with Crippen molar-refractivity contribution in [1.29, 1.82) is 0 Å². The van der Waals surface area contributed by atoms with Gasteiger partial charge in [-0.15, -0.1) is 11.3 Å². The smallest absolute Gasteiger partial charge is 0.475 e. The lowest BCUT2D eigenvalue weighted by atomic mass is 10.00. The van der Waals surface area contributed by atoms with Crippen molar-refractivity contribution in [2.75, 3.05) is 39.6 Å². The second-order valence-electron chi connectivity index (χ2n) is 7.35. The van der Waals surface area contributed by atoms with Crippen molar-refractivity contribution < 1.29 is 37.3 Å². The van der Waals surface area contributed by atoms with E-state index in [9.17, 15) is 13.2 Å². The van der Waals surface area contributed by atoms with Gasteiger partial charge in [-0.25, -0.2) is 9.78 Å². The largest absolute Gasteiger partial charge is 0.490 e. The SMILES string of the molecule is O=C(O)C(F)(F)F.c1csc(CN2C[C@H](OCC3CCOCC3)[C@H]3COC[C@H]32)n1. The summed E-state index contributed by atoms with van der Waals surface area (Å²) in [5, 5.41) is 10.4. The zero-order valence-electron chi connectivity index (χ0n) is 15.8. The summed E-state index contributed by atoms with van der Waals surface area (Å²) >= 11 is 1.73. The molecule has 1 aromatic heterocycles. The van der Waals surface area contributed by atoms with Gasteiger partial charge in [0.1, 0.15) is 5.01 Å². The number of likely N-dealkylation sites (tertiary alicyclic amines) is 1. The first-order valence-electron chi connectivity index (χ1n) is 9.54. The topological polar surface area (TPSA) is 81.1 Å². The van der Waals surface area contributed by atoms with Gasteiger partial charge in [0.2, 0.25) is 0 Å². The first kappa shape index (κ1) is 22.4. The summed E-state index contributed by atoms with van der Waals surface area (Å²) in [4.78, 5) is 15.8. The van der Waals surface area contributed by atoms with Gasteiger partial charge in [0.05, 0.1) is 32.5 Å². The second kappa shape index (κ2) is 10.2. The number of carbonyl (C=O) groups is 1. The van der Waals surface area contributed by atoms with Crippen molar-refractivity contribution >= 4 is 17.3 Å². The van der Waals surface area contributed by atoms with Crippen molar-refractivity contribution in [2.45, 2.75) is 37.7 Å². The Labute approximate surface area is 170 Å². The lowest BCUT2D eigenvalue weighted by molar-refractivity contribution is -0.192. The van der Waals surface area contributed by atoms with Crippen LogP contribution in [0.15, 0.2) is 11.6 Å². The number of ether oxygens (including phenoxy) is 3. The number of aliphatic carboxylic acids is 1. The van der Waals surface area contributed by atoms with E-state index in [1.54, 1.807) is 11.3 Å². The molecule has 0 aliphatic carbocycles. The number of hydrogen-bond donors (Lipinski definition) is 1. The maximum absolute atomic E-state index is 10.6. The molecule has 3 fully saturated rings. The molecule has 0 spiro atoms. The molecule has 0 radical (unpaired) electrons. The van der Waals surface area contributed by atoms with Gasteiger partial charge < -0.3 is 19.3 Å². The van der Waals surface area contributed by atoms with E-state index in [0.717, 1.165) is 59.0 Å². The van der Waals surface area contributed by atoms with Crippen LogP contribution in [0.3, 0.4) is 0 Å². The summed E-state index contributed by atoms with van der Waals surface area (Å²) in [5.41, 5.74) is 0. The van der Waals surface area contributed by atoms with Crippen LogP contribution in [0.25, 0.3) is 0 Å². The highest BCUT2D eigenvalue weighted by Gasteiger charge is 2.46. The molecule has 3 atom stereocenters. The highest BCUT2D eigenvalue weighted by atomic mass is 32.1. The lowest BCUT2D eigenvalue weighted by Gasteiger charge is -2.25. The number of alkyl halides is 3. The van der Waals surface area contributed by atoms with Crippen molar-refractivity contribution in [3.05, 3.63) is 16.6 Å². The molecule has 7 nitrogen and oxygen atoms in total. The first-order valence-corrected chi connectivity index (χ1v) is 10.4. The van der Waals surface area contributed by atoms with E-state index in [1.807, 2.05) is 11.6 Å². The molecule has 3 aliphatic rings. The fourth-order valence-corrected chi connectivity index (χ4v) is 4.47. The number of halogens is 3. The molecule has 3 aliphatic heterocycles. The number of hydrogen-bond acceptors (Lipinski definition) is 7. The van der Waals surface area contributed by atoms with E-state index in [2.05, 4.69) is 9.88 Å². The van der Waals surface area contributed by atoms with Crippen LogP contribution in [0.1, 0.15) is 17.8 Å². The average Bonchev–Trinajstić information content (AvgIpc) is 3.41. The Morgan fingerprint density at radius 3 is 2.66 bits per heavy atom. The molecule has 0 amide bonds. The van der Waals surface area contributed by atoms with Crippen LogP contribution in [0.2, 0.25) is 0 Å². The Morgan fingerprint density at radius 2 is 2.03 bits per heavy atom. The van der Waals surface area contributed by atoms with Crippen LogP contribution in [-0.2, 0) is 25.5 Å². The zero-order valence-corrected chi connectivity index (χ0v) is 16.7. The fourth-order valence-electron chi connectivity index (χ4n) is 3.83. The van der Waals surface area contributed by atoms with Gasteiger partial charge in [0, 0.05) is 43.3 Å². The predicted molar refractivity (Wildman–Crippen MR) is 97.6 cm³/mol. The van der Waals surface area contributed by atoms with Crippen molar-refractivity contribution in [2.24, 2.45) is 11.8 Å². The van der Waals surface area contributed by atoms with Gasteiger partial charge in [0.15, 0.2) is 0 Å². The maximum atomic E-state index is 10.6. The van der Waals surface area contributed by atoms with Crippen molar-refractivity contribution in [3.63, 3.8) is 0 Å². The van der Waals surface area contributed by atoms with E-state index >= 15 is 0 Å². The first-order chi connectivity index (χ1) is 13.8. The third kappa shape index (κ3) is 6.35. The third-order valence-electron chi connectivity index (χ3n) is 5.41. The molecule has 1 N–H and O–H groups in total. The highest BCUT2D eigenvalue weighted by Crippen LogP contribution is 2.34. The summed E-state index contributed by atoms with van der Waals surface area (Å²) in [5.74, 6) is -1.56. The van der Waals surface area contributed by atoms with Crippen LogP contribution in [0.4, 0.5) is 13.2 Å². The molecule has 164 valence electrons. The van der Waals surface area contributed by atoms with E-state index < -0.39 is 12.1 Å². The van der Waals surface area contributed by atoms with E-state index in [1.165, 1.54) is 5.01 Å². The molecular weight excluding hydrogens is 413 g/mol. The molecule has 1 aromatic rings. The molecule has 3 saturated heterocycles. The lowest BCUT2D eigenvalue weighted by Crippen LogP contribution is -2.32. The molecule has 11 heteroatoms. The number of fused-ring (bicyclic) bond motifs is 1. The molecule has 0 aromatic carbocycles. The minimum absolute atomic E-state index is 0.315. The number of carboxylic acid groups (broad SMARTS) is 1. The van der Waals surface area contributed by atoms with Gasteiger partial charge in [-0.1, -0.05) is 0 Å². The Morgan fingerprint density at radius 1 is 1.31 bits per heavy atom. The standard InChI is InChI=1S/C16H24N2O3S.C2HF3O2/c1-4-19-5-2-12(1)9-21-15-7-18(8-16-17-3-6-22-16)14-11-20-10-13(14)15;3-2(4,5)1(6)7/h3,6,12-15H,1-2,4-5,7-11H2;(H,6,7)/t13-,14+,15-;/m0./s1. The summed E-state index contributed by atoms with van der Waals surface area (Å²) in [6, 6.07) is 0.503. The third-order valence-corrected chi connectivity index (χ3v) is 6.17. The number of nitrogens with zero attached hydrogens (tertiary/aromatic N) is 2. The highest BCUT2D eigenvalue weighted by molar-refractivity contribution is 7.09. The monoisotopic (exact) mass is 438 g/mol. The number of aromatic nitrogens is 1. The Bertz CT molecular complexity index is 640. The van der Waals surface area contributed by atoms with Gasteiger partial charge in [-0.2, -0.15) is 13.2 Å². The second-order valence-corrected chi connectivity index (χ2v) is 8.33. The number of carboxylic acids is 1. The minimum atomic E-state index is -5.08. The molecule has 0 saturated carbocycles. The van der Waals surface area contributed by atoms with E-state index in [-0.39, 0.29) is 0 Å². The Hall–Kier alpha value is -1.27. The summed E-state index contributed by atoms with van der Waals surface area (Å²) < 4.78 is 49.2. The Kier molecular flexibility index (Phi) is 7.85. The number of rotatable bonds is 5. The minimum Gasteiger partial charge on any atom is -0.475 e. The van der Waals surface area contributed by atoms with Crippen LogP contribution in [0.5, 0.6) is 0 Å². The molecule has 4 heterocycles. The zero-order chi connectivity index (χ0) is 20.9. The fraction of sp³-hybridized carbons (Fsp3) is 0.778. The van der Waals surface area contributed by atoms with E-state index in [4.69, 9.17) is 24.1 Å². The van der Waals surface area contributed by atoms with Crippen LogP contribution in [-0.4, -0.2) is 78.9 Å². The summed E-state index contributed by atoms with van der Waals surface area (Å²) in [7, 11) is 0. The summed E-state index contributed by atoms with van der Waals surface area (Å²) in [6.07, 6.45) is -0.603. The maximum Gasteiger partial charge on any atom is 0.490 e. The summed E-state index contributed by atoms with van der Waals surface area (Å²) in [6.45, 7) is 6.29.